The molecule has 3 aromatic carbocycles. The summed E-state index contributed by atoms with van der Waals surface area (Å²) in [5.41, 5.74) is 31.2. The van der Waals surface area contributed by atoms with E-state index < -0.39 is 144 Å². The Kier molecular flexibility index (Phi) is 27.5. The number of amides is 10. The molecule has 0 bridgehead atoms. The highest BCUT2D eigenvalue weighted by Crippen LogP contribution is 2.21. The predicted molar refractivity (Wildman–Crippen MR) is 307 cm³/mol. The Hall–Kier alpha value is -7.95. The molecule has 10 amide bonds. The van der Waals surface area contributed by atoms with Crippen LogP contribution in [-0.2, 0) is 59.2 Å². The van der Waals surface area contributed by atoms with E-state index in [2.05, 4.69) is 53.2 Å². The predicted octanol–water partition coefficient (Wildman–Crippen LogP) is -4.23. The molecule has 4 rings (SSSR count). The van der Waals surface area contributed by atoms with Crippen LogP contribution in [0.15, 0.2) is 72.8 Å². The van der Waals surface area contributed by atoms with E-state index in [4.69, 9.17) is 28.7 Å². The molecule has 1 aliphatic rings. The van der Waals surface area contributed by atoms with Crippen LogP contribution in [0.5, 0.6) is 0 Å². The van der Waals surface area contributed by atoms with Crippen molar-refractivity contribution in [3.05, 3.63) is 83.9 Å². The standard InChI is InChI=1S/C56H83N15O12/c1-30(2)26-43-53(80)65-38(16-21-57)48(75)64-41(19-24-60)52(79)71-46(31(3)72)55(82)62-25-20-42(51(78)63-39(17-22-58)50(77)69-44(54(81)68-43)27-33-10-6-5-7-11-33)66-49(76)40(18-23-59)67-56(83)47(32(4)73)70-45(74)29-37(61)36-15-14-34-12-8-9-13-35(34)28-36/h5-15,28,30,32,37-44,46-47,73H,16-27,29,57-61H2,1-4H3,(H,62,82)(H,63,78)(H,64,75)(H,65,80)(H,66,76)(H,67,83)(H,68,81)(H,69,77)(H,70,74)(H,71,79)/t32?,37-,38-,39-,40-,41-,42-,43-,44+,46-,47-/m0/s1. The van der Waals surface area contributed by atoms with Gasteiger partial charge in [-0.05, 0) is 112 Å². The lowest BCUT2D eigenvalue weighted by Crippen LogP contribution is -2.61. The number of hydrogen-bond donors (Lipinski definition) is 16. The first-order chi connectivity index (χ1) is 39.5. The molecule has 0 aromatic heterocycles. The minimum Gasteiger partial charge on any atom is -0.391 e. The number of Topliss-reactive ketones (excluding diaryl/α,β-unsaturated/α-hetero) is 1. The van der Waals surface area contributed by atoms with Crippen LogP contribution in [0.1, 0.15) is 89.8 Å². The van der Waals surface area contributed by atoms with Gasteiger partial charge in [0.2, 0.25) is 59.1 Å². The van der Waals surface area contributed by atoms with E-state index in [9.17, 15) is 57.8 Å². The molecule has 11 atom stereocenters. The molecule has 27 heteroatoms. The highest BCUT2D eigenvalue weighted by Gasteiger charge is 2.37. The Morgan fingerprint density at radius 1 is 0.602 bits per heavy atom. The van der Waals surface area contributed by atoms with E-state index in [1.807, 2.05) is 36.4 Å². The molecular formula is C56H83N15O12. The van der Waals surface area contributed by atoms with E-state index in [0.29, 0.717) is 11.1 Å². The second-order valence-electron chi connectivity index (χ2n) is 20.9. The van der Waals surface area contributed by atoms with Gasteiger partial charge in [-0.25, -0.2) is 0 Å². The third-order valence-corrected chi connectivity index (χ3v) is 13.6. The largest absolute Gasteiger partial charge is 0.391 e. The highest BCUT2D eigenvalue weighted by molar-refractivity contribution is 6.08. The third kappa shape index (κ3) is 21.4. The number of aliphatic hydroxyl groups is 1. The Bertz CT molecular complexity index is 2730. The topological polar surface area (TPSA) is 458 Å². The molecule has 83 heavy (non-hydrogen) atoms. The lowest BCUT2D eigenvalue weighted by atomic mass is 10.00. The molecule has 27 nitrogen and oxygen atoms in total. The SMILES string of the molecule is CC(=O)[C@@H]1NC(=O)[C@H](CCN)NC(=O)[C@H](CCN)NC(=O)[C@H](CC(C)C)NC(=O)[C@@H](Cc2ccccc2)NC(=O)[C@H](CCN)NC(=O)[C@@H](NC(=O)[C@H](CCN)NC(=O)[C@@H](NC(=O)C[C@H](N)c2ccc3ccccc3c2)C(C)O)CCNC1=O. The zero-order valence-electron chi connectivity index (χ0n) is 47.4. The Morgan fingerprint density at radius 3 is 1.67 bits per heavy atom. The molecule has 1 aliphatic heterocycles. The van der Waals surface area contributed by atoms with Gasteiger partial charge >= 0.3 is 0 Å². The van der Waals surface area contributed by atoms with E-state index in [1.54, 1.807) is 50.2 Å². The highest BCUT2D eigenvalue weighted by atomic mass is 16.3. The molecule has 1 heterocycles. The van der Waals surface area contributed by atoms with E-state index in [1.165, 1.54) is 6.92 Å². The smallest absolute Gasteiger partial charge is 0.250 e. The van der Waals surface area contributed by atoms with Crippen LogP contribution < -0.4 is 81.8 Å². The van der Waals surface area contributed by atoms with Gasteiger partial charge in [0, 0.05) is 25.4 Å². The number of ketones is 1. The van der Waals surface area contributed by atoms with Crippen molar-refractivity contribution in [1.29, 1.82) is 0 Å². The number of hydrogen-bond acceptors (Lipinski definition) is 17. The first-order valence-corrected chi connectivity index (χ1v) is 27.8. The summed E-state index contributed by atoms with van der Waals surface area (Å²) in [5, 5.41) is 37.9. The molecule has 0 aliphatic carbocycles. The van der Waals surface area contributed by atoms with E-state index in [-0.39, 0.29) is 77.0 Å². The molecule has 1 unspecified atom stereocenters. The van der Waals surface area contributed by atoms with Crippen molar-refractivity contribution in [2.24, 2.45) is 34.6 Å². The molecule has 3 aromatic rings. The van der Waals surface area contributed by atoms with Gasteiger partial charge in [-0.1, -0.05) is 80.6 Å². The van der Waals surface area contributed by atoms with Crippen LogP contribution in [0.25, 0.3) is 10.8 Å². The molecule has 1 saturated heterocycles. The van der Waals surface area contributed by atoms with Crippen molar-refractivity contribution >= 4 is 75.6 Å². The normalized spacial score (nSPS) is 22.4. The van der Waals surface area contributed by atoms with Crippen molar-refractivity contribution in [3.63, 3.8) is 0 Å². The summed E-state index contributed by atoms with van der Waals surface area (Å²) in [5.74, 6) is -10.3. The summed E-state index contributed by atoms with van der Waals surface area (Å²) in [4.78, 5) is 153. The van der Waals surface area contributed by atoms with Crippen LogP contribution in [0.3, 0.4) is 0 Å². The van der Waals surface area contributed by atoms with Crippen molar-refractivity contribution in [3.8, 4) is 0 Å². The molecule has 0 spiro atoms. The van der Waals surface area contributed by atoms with Crippen LogP contribution in [0, 0.1) is 5.92 Å². The fraction of sp³-hybridized carbons (Fsp3) is 0.518. The number of carbonyl (C=O) groups excluding carboxylic acids is 11. The Balaban J connectivity index is 1.70. The number of carbonyl (C=O) groups is 11. The molecule has 454 valence electrons. The summed E-state index contributed by atoms with van der Waals surface area (Å²) in [6.45, 7) is 4.65. The second kappa shape index (κ2) is 33.8. The first-order valence-electron chi connectivity index (χ1n) is 27.8. The summed E-state index contributed by atoms with van der Waals surface area (Å²) in [6.07, 6.45) is -3.16. The maximum Gasteiger partial charge on any atom is 0.250 e. The van der Waals surface area contributed by atoms with Crippen LogP contribution in [0.4, 0.5) is 0 Å². The quantitative estimate of drug-likeness (QED) is 0.0424. The average Bonchev–Trinajstić information content (AvgIpc) is 3.58. The van der Waals surface area contributed by atoms with Gasteiger partial charge in [-0.3, -0.25) is 52.7 Å². The lowest BCUT2D eigenvalue weighted by molar-refractivity contribution is -0.137. The zero-order chi connectivity index (χ0) is 61.3. The molecular weight excluding hydrogens is 1070 g/mol. The summed E-state index contributed by atoms with van der Waals surface area (Å²) in [7, 11) is 0. The molecule has 21 N–H and O–H groups in total. The zero-order valence-corrected chi connectivity index (χ0v) is 47.4. The monoisotopic (exact) mass is 1160 g/mol. The average molecular weight is 1160 g/mol. The summed E-state index contributed by atoms with van der Waals surface area (Å²) < 4.78 is 0. The number of fused-ring (bicyclic) bond motifs is 1. The van der Waals surface area contributed by atoms with Crippen molar-refractivity contribution in [2.45, 2.75) is 146 Å². The lowest BCUT2D eigenvalue weighted by Gasteiger charge is -2.28. The van der Waals surface area contributed by atoms with Gasteiger partial charge in [0.05, 0.1) is 6.10 Å². The number of benzene rings is 3. The van der Waals surface area contributed by atoms with Gasteiger partial charge in [-0.2, -0.15) is 0 Å². The van der Waals surface area contributed by atoms with Crippen molar-refractivity contribution in [2.75, 3.05) is 32.7 Å². The van der Waals surface area contributed by atoms with Gasteiger partial charge in [0.25, 0.3) is 0 Å². The van der Waals surface area contributed by atoms with Crippen LogP contribution in [0.2, 0.25) is 0 Å². The van der Waals surface area contributed by atoms with Crippen LogP contribution >= 0.6 is 0 Å². The molecule has 0 saturated carbocycles. The van der Waals surface area contributed by atoms with Crippen LogP contribution in [-0.4, -0.2) is 163 Å². The van der Waals surface area contributed by atoms with Gasteiger partial charge in [-0.15, -0.1) is 0 Å². The van der Waals surface area contributed by atoms with Gasteiger partial charge in [0.1, 0.15) is 48.3 Å². The minimum atomic E-state index is -1.87. The molecule has 0 radical (unpaired) electrons. The maximum atomic E-state index is 14.5. The fourth-order valence-electron chi connectivity index (χ4n) is 9.10. The van der Waals surface area contributed by atoms with Gasteiger partial charge in [0.15, 0.2) is 11.8 Å². The number of aliphatic hydroxyl groups excluding tert-OH is 1. The number of rotatable bonds is 22. The second-order valence-corrected chi connectivity index (χ2v) is 20.9. The first kappa shape index (κ1) is 67.6. The van der Waals surface area contributed by atoms with Crippen molar-refractivity contribution in [1.82, 2.24) is 53.2 Å². The van der Waals surface area contributed by atoms with Crippen molar-refractivity contribution < 1.29 is 57.8 Å². The third-order valence-electron chi connectivity index (χ3n) is 13.6. The number of nitrogens with one attached hydrogen (secondary N) is 10. The Labute approximate surface area is 482 Å². The Morgan fingerprint density at radius 2 is 1.12 bits per heavy atom. The van der Waals surface area contributed by atoms with Gasteiger partial charge < -0.3 is 86.9 Å². The van der Waals surface area contributed by atoms with E-state index >= 15 is 0 Å². The fourth-order valence-corrected chi connectivity index (χ4v) is 9.10. The van der Waals surface area contributed by atoms with E-state index in [0.717, 1.165) is 17.7 Å². The summed E-state index contributed by atoms with van der Waals surface area (Å²) in [6, 6.07) is 7.05. The molecule has 1 fully saturated rings. The maximum absolute atomic E-state index is 14.5. The summed E-state index contributed by atoms with van der Waals surface area (Å²) >= 11 is 0. The minimum absolute atomic E-state index is 0.0439. The number of nitrogens with two attached hydrogens (primary N) is 5.